The van der Waals surface area contributed by atoms with E-state index in [9.17, 15) is 4.79 Å². The molecule has 0 unspecified atom stereocenters. The summed E-state index contributed by atoms with van der Waals surface area (Å²) in [6, 6.07) is 19.8. The van der Waals surface area contributed by atoms with Gasteiger partial charge in [0.2, 0.25) is 5.12 Å². The molecule has 1 aliphatic rings. The van der Waals surface area contributed by atoms with E-state index >= 15 is 0 Å². The van der Waals surface area contributed by atoms with Gasteiger partial charge in [0.15, 0.2) is 4.93 Å². The van der Waals surface area contributed by atoms with Gasteiger partial charge in [-0.05, 0) is 30.2 Å². The molecule has 0 N–H and O–H groups in total. The van der Waals surface area contributed by atoms with Crippen LogP contribution in [0.2, 0.25) is 0 Å². The van der Waals surface area contributed by atoms with E-state index in [1.165, 1.54) is 11.8 Å². The van der Waals surface area contributed by atoms with Crippen LogP contribution in [0.4, 0.5) is 0 Å². The lowest BCUT2D eigenvalue weighted by Gasteiger charge is -2.38. The van der Waals surface area contributed by atoms with Gasteiger partial charge in [-0.3, -0.25) is 4.79 Å². The van der Waals surface area contributed by atoms with E-state index in [4.69, 9.17) is 4.74 Å². The Balaban J connectivity index is 2.15. The molecule has 1 heterocycles. The first-order chi connectivity index (χ1) is 12.2. The second-order valence-corrected chi connectivity index (χ2v) is 7.66. The summed E-state index contributed by atoms with van der Waals surface area (Å²) in [6.45, 7) is 4.29. The zero-order chi connectivity index (χ0) is 17.7. The molecule has 0 spiro atoms. The minimum absolute atomic E-state index is 0.109. The topological polar surface area (TPSA) is 26.3 Å². The van der Waals surface area contributed by atoms with Gasteiger partial charge in [-0.25, -0.2) is 0 Å². The summed E-state index contributed by atoms with van der Waals surface area (Å²) in [7, 11) is 0. The minimum Gasteiger partial charge on any atom is -0.475 e. The fourth-order valence-corrected chi connectivity index (χ4v) is 4.70. The van der Waals surface area contributed by atoms with E-state index in [1.807, 2.05) is 60.7 Å². The predicted octanol–water partition coefficient (Wildman–Crippen LogP) is 6.14. The number of thioether (sulfide) groups is 1. The molecule has 0 bridgehead atoms. The van der Waals surface area contributed by atoms with Crippen LogP contribution in [0, 0.1) is 0 Å². The Kier molecular flexibility index (Phi) is 5.64. The quantitative estimate of drug-likeness (QED) is 0.624. The molecular formula is C22H24O2S. The van der Waals surface area contributed by atoms with E-state index < -0.39 is 4.93 Å². The van der Waals surface area contributed by atoms with Crippen molar-refractivity contribution in [2.24, 2.45) is 0 Å². The Morgan fingerprint density at radius 3 is 1.88 bits per heavy atom. The van der Waals surface area contributed by atoms with Crippen LogP contribution in [0.15, 0.2) is 60.7 Å². The van der Waals surface area contributed by atoms with Crippen LogP contribution in [-0.4, -0.2) is 10.0 Å². The highest BCUT2D eigenvalue weighted by Gasteiger charge is 2.42. The summed E-state index contributed by atoms with van der Waals surface area (Å²) in [6.07, 6.45) is 3.72. The molecular weight excluding hydrogens is 328 g/mol. The first-order valence-electron chi connectivity index (χ1n) is 8.96. The summed E-state index contributed by atoms with van der Waals surface area (Å²) in [5, 5.41) is 0.109. The highest BCUT2D eigenvalue weighted by atomic mass is 32.2. The van der Waals surface area contributed by atoms with Gasteiger partial charge in [0.1, 0.15) is 5.76 Å². The number of carbonyl (C=O) groups is 1. The van der Waals surface area contributed by atoms with Gasteiger partial charge in [0.25, 0.3) is 0 Å². The molecule has 0 aliphatic carbocycles. The standard InChI is InChI=1S/C22H24O2S/c1-3-15-22(16-4-2)24-20(18-13-9-6-10-14-18)19(21(23)25-22)17-11-7-5-8-12-17/h5-14H,3-4,15-16H2,1-2H3. The maximum absolute atomic E-state index is 13.2. The number of carbonyl (C=O) groups excluding carboxylic acids is 1. The minimum atomic E-state index is -0.454. The molecule has 2 aromatic carbocycles. The van der Waals surface area contributed by atoms with Gasteiger partial charge in [-0.15, -0.1) is 0 Å². The fourth-order valence-electron chi connectivity index (χ4n) is 3.31. The van der Waals surface area contributed by atoms with Crippen LogP contribution in [0.3, 0.4) is 0 Å². The average molecular weight is 352 g/mol. The molecule has 0 saturated carbocycles. The molecule has 1 aliphatic heterocycles. The highest BCUT2D eigenvalue weighted by Crippen LogP contribution is 2.49. The number of benzene rings is 2. The third kappa shape index (κ3) is 3.82. The molecule has 0 saturated heterocycles. The monoisotopic (exact) mass is 352 g/mol. The summed E-state index contributed by atoms with van der Waals surface area (Å²) in [4.78, 5) is 12.7. The number of hydrogen-bond acceptors (Lipinski definition) is 3. The molecule has 0 radical (unpaired) electrons. The summed E-state index contributed by atoms with van der Waals surface area (Å²) < 4.78 is 6.60. The third-order valence-corrected chi connectivity index (χ3v) is 5.61. The number of hydrogen-bond donors (Lipinski definition) is 0. The normalized spacial score (nSPS) is 16.6. The van der Waals surface area contributed by atoms with Crippen LogP contribution in [-0.2, 0) is 9.53 Å². The zero-order valence-electron chi connectivity index (χ0n) is 14.8. The SMILES string of the molecule is CCCC1(CCC)OC(c2ccccc2)=C(c2ccccc2)C(=O)S1. The van der Waals surface area contributed by atoms with Gasteiger partial charge < -0.3 is 4.74 Å². The predicted molar refractivity (Wildman–Crippen MR) is 106 cm³/mol. The maximum atomic E-state index is 13.2. The van der Waals surface area contributed by atoms with Gasteiger partial charge in [-0.2, -0.15) is 0 Å². The smallest absolute Gasteiger partial charge is 0.227 e. The van der Waals surface area contributed by atoms with Crippen molar-refractivity contribution < 1.29 is 9.53 Å². The Bertz CT molecular complexity index is 744. The lowest BCUT2D eigenvalue weighted by molar-refractivity contribution is -0.107. The van der Waals surface area contributed by atoms with Crippen molar-refractivity contribution in [3.63, 3.8) is 0 Å². The van der Waals surface area contributed by atoms with Crippen molar-refractivity contribution in [1.29, 1.82) is 0 Å². The summed E-state index contributed by atoms with van der Waals surface area (Å²) in [5.41, 5.74) is 2.56. The van der Waals surface area contributed by atoms with Crippen LogP contribution in [0.5, 0.6) is 0 Å². The second-order valence-electron chi connectivity index (χ2n) is 6.34. The maximum Gasteiger partial charge on any atom is 0.227 e. The summed E-state index contributed by atoms with van der Waals surface area (Å²) in [5.74, 6) is 0.720. The Hall–Kier alpha value is -2.00. The van der Waals surface area contributed by atoms with Crippen molar-refractivity contribution in [3.8, 4) is 0 Å². The Morgan fingerprint density at radius 1 is 0.840 bits per heavy atom. The van der Waals surface area contributed by atoms with Crippen LogP contribution in [0.1, 0.15) is 50.7 Å². The molecule has 2 aromatic rings. The Morgan fingerprint density at radius 2 is 1.36 bits per heavy atom. The van der Waals surface area contributed by atoms with Crippen molar-refractivity contribution >= 4 is 28.2 Å². The summed E-state index contributed by atoms with van der Waals surface area (Å²) >= 11 is 1.37. The molecule has 0 aromatic heterocycles. The van der Waals surface area contributed by atoms with Crippen molar-refractivity contribution in [3.05, 3.63) is 71.8 Å². The van der Waals surface area contributed by atoms with E-state index in [0.717, 1.165) is 42.6 Å². The zero-order valence-corrected chi connectivity index (χ0v) is 15.6. The van der Waals surface area contributed by atoms with Crippen LogP contribution >= 0.6 is 11.8 Å². The van der Waals surface area contributed by atoms with E-state index in [2.05, 4.69) is 13.8 Å². The number of ether oxygens (including phenoxy) is 1. The molecule has 0 fully saturated rings. The molecule has 2 nitrogen and oxygen atoms in total. The third-order valence-electron chi connectivity index (χ3n) is 4.36. The van der Waals surface area contributed by atoms with Crippen LogP contribution in [0.25, 0.3) is 11.3 Å². The molecule has 3 rings (SSSR count). The lowest BCUT2D eigenvalue weighted by atomic mass is 10.0. The molecule has 130 valence electrons. The molecule has 25 heavy (non-hydrogen) atoms. The molecule has 0 amide bonds. The largest absolute Gasteiger partial charge is 0.475 e. The lowest BCUT2D eigenvalue weighted by Crippen LogP contribution is -2.34. The molecule has 0 atom stereocenters. The van der Waals surface area contributed by atoms with Crippen LogP contribution < -0.4 is 0 Å². The van der Waals surface area contributed by atoms with E-state index in [1.54, 1.807) is 0 Å². The Labute approximate surface area is 154 Å². The fraction of sp³-hybridized carbons (Fsp3) is 0.318. The van der Waals surface area contributed by atoms with Gasteiger partial charge in [0.05, 0.1) is 5.57 Å². The van der Waals surface area contributed by atoms with E-state index in [0.29, 0.717) is 5.57 Å². The van der Waals surface area contributed by atoms with E-state index in [-0.39, 0.29) is 5.12 Å². The van der Waals surface area contributed by atoms with Crippen molar-refractivity contribution in [2.45, 2.75) is 44.5 Å². The number of rotatable bonds is 6. The van der Waals surface area contributed by atoms with Crippen molar-refractivity contribution in [1.82, 2.24) is 0 Å². The van der Waals surface area contributed by atoms with Gasteiger partial charge >= 0.3 is 0 Å². The van der Waals surface area contributed by atoms with Gasteiger partial charge in [0, 0.05) is 5.56 Å². The first kappa shape index (κ1) is 17.8. The average Bonchev–Trinajstić information content (AvgIpc) is 2.63. The molecule has 3 heteroatoms. The highest BCUT2D eigenvalue weighted by molar-refractivity contribution is 8.15. The first-order valence-corrected chi connectivity index (χ1v) is 9.78. The van der Waals surface area contributed by atoms with Crippen molar-refractivity contribution in [2.75, 3.05) is 0 Å². The second kappa shape index (κ2) is 7.92. The van der Waals surface area contributed by atoms with Gasteiger partial charge in [-0.1, -0.05) is 87.4 Å².